The monoisotopic (exact) mass is 542 g/mol. The molecule has 4 rings (SSSR count). The second kappa shape index (κ2) is 10.5. The number of halogens is 2. The molecule has 0 aliphatic carbocycles. The highest BCUT2D eigenvalue weighted by molar-refractivity contribution is 9.10. The van der Waals surface area contributed by atoms with Crippen molar-refractivity contribution in [3.05, 3.63) is 91.8 Å². The number of nitrogens with zero attached hydrogens (tertiary/aromatic N) is 1. The summed E-state index contributed by atoms with van der Waals surface area (Å²) < 4.78 is 12.3. The summed E-state index contributed by atoms with van der Waals surface area (Å²) in [4.78, 5) is 17.5. The largest absolute Gasteiger partial charge is 0.493 e. The molecular formula is C25H20BrClN2O3S. The minimum Gasteiger partial charge on any atom is -0.493 e. The number of benzene rings is 3. The van der Waals surface area contributed by atoms with Crippen molar-refractivity contribution in [2.45, 2.75) is 13.5 Å². The number of methoxy groups -OCH3 is 1. The highest BCUT2D eigenvalue weighted by Gasteiger charge is 2.24. The Morgan fingerprint density at radius 1 is 1.15 bits per heavy atom. The topological polar surface area (TPSA) is 59.9 Å². The Balaban J connectivity index is 1.54. The van der Waals surface area contributed by atoms with Gasteiger partial charge in [0.25, 0.3) is 5.91 Å². The van der Waals surface area contributed by atoms with Crippen LogP contribution in [0.2, 0.25) is 5.02 Å². The molecule has 1 aliphatic rings. The van der Waals surface area contributed by atoms with Crippen molar-refractivity contribution < 1.29 is 14.3 Å². The van der Waals surface area contributed by atoms with Gasteiger partial charge >= 0.3 is 0 Å². The van der Waals surface area contributed by atoms with Crippen LogP contribution in [0.5, 0.6) is 11.5 Å². The predicted octanol–water partition coefficient (Wildman–Crippen LogP) is 6.89. The fourth-order valence-corrected chi connectivity index (χ4v) is 4.68. The molecule has 1 amide bonds. The molecule has 33 heavy (non-hydrogen) atoms. The molecule has 0 unspecified atom stereocenters. The Hall–Kier alpha value is -2.74. The van der Waals surface area contributed by atoms with Gasteiger partial charge in [0, 0.05) is 5.02 Å². The van der Waals surface area contributed by atoms with Crippen molar-refractivity contribution in [2.24, 2.45) is 4.99 Å². The molecule has 1 fully saturated rings. The summed E-state index contributed by atoms with van der Waals surface area (Å²) in [6.45, 7) is 2.34. The number of hydrogen-bond acceptors (Lipinski definition) is 5. The van der Waals surface area contributed by atoms with Crippen molar-refractivity contribution in [3.8, 4) is 11.5 Å². The molecule has 0 saturated carbocycles. The number of aliphatic imine (C=N–C) groups is 1. The zero-order valence-corrected chi connectivity index (χ0v) is 21.1. The molecule has 3 aromatic rings. The number of aryl methyl sites for hydroxylation is 1. The lowest BCUT2D eigenvalue weighted by atomic mass is 10.2. The highest BCUT2D eigenvalue weighted by Crippen LogP contribution is 2.39. The zero-order chi connectivity index (χ0) is 23.4. The summed E-state index contributed by atoms with van der Waals surface area (Å²) in [7, 11) is 1.59. The van der Waals surface area contributed by atoms with Gasteiger partial charge in [-0.05, 0) is 81.6 Å². The minimum atomic E-state index is -0.212. The zero-order valence-electron chi connectivity index (χ0n) is 17.9. The van der Waals surface area contributed by atoms with Crippen LogP contribution in [-0.2, 0) is 11.4 Å². The third kappa shape index (κ3) is 5.79. The van der Waals surface area contributed by atoms with Crippen molar-refractivity contribution in [1.29, 1.82) is 0 Å². The number of hydrogen-bond donors (Lipinski definition) is 1. The maximum Gasteiger partial charge on any atom is 0.264 e. The lowest BCUT2D eigenvalue weighted by Crippen LogP contribution is -2.19. The standard InChI is InChI=1S/C25H20BrClN2O3S/c1-15-8-9-18(13-20(15)27)28-25-29-24(30)22(33-25)12-17-10-19(26)23(21(11-17)31-2)32-14-16-6-4-3-5-7-16/h3-13H,14H2,1-2H3,(H,28,29,30)/b22-12-. The normalized spacial score (nSPS) is 15.7. The second-order valence-corrected chi connectivity index (χ2v) is 9.52. The van der Waals surface area contributed by atoms with E-state index in [-0.39, 0.29) is 5.91 Å². The number of rotatable bonds is 6. The number of nitrogens with one attached hydrogen (secondary N) is 1. The first-order valence-corrected chi connectivity index (χ1v) is 12.0. The fourth-order valence-electron chi connectivity index (χ4n) is 3.09. The molecule has 3 aromatic carbocycles. The molecule has 1 heterocycles. The molecule has 8 heteroatoms. The van der Waals surface area contributed by atoms with E-state index < -0.39 is 0 Å². The summed E-state index contributed by atoms with van der Waals surface area (Å²) in [6.07, 6.45) is 1.79. The van der Waals surface area contributed by atoms with E-state index >= 15 is 0 Å². The van der Waals surface area contributed by atoms with E-state index in [0.29, 0.717) is 38.9 Å². The minimum absolute atomic E-state index is 0.212. The first-order valence-electron chi connectivity index (χ1n) is 10.0. The summed E-state index contributed by atoms with van der Waals surface area (Å²) in [6, 6.07) is 19.1. The van der Waals surface area contributed by atoms with Gasteiger partial charge in [0.2, 0.25) is 0 Å². The molecule has 0 atom stereocenters. The number of thioether (sulfide) groups is 1. The van der Waals surface area contributed by atoms with Crippen molar-refractivity contribution in [1.82, 2.24) is 5.32 Å². The molecule has 0 bridgehead atoms. The summed E-state index contributed by atoms with van der Waals surface area (Å²) in [5.41, 5.74) is 3.50. The van der Waals surface area contributed by atoms with Gasteiger partial charge in [-0.15, -0.1) is 0 Å². The molecular weight excluding hydrogens is 524 g/mol. The van der Waals surface area contributed by atoms with E-state index in [2.05, 4.69) is 26.2 Å². The van der Waals surface area contributed by atoms with E-state index in [0.717, 1.165) is 21.2 Å². The van der Waals surface area contributed by atoms with Gasteiger partial charge in [0.05, 0.1) is 22.2 Å². The van der Waals surface area contributed by atoms with Gasteiger partial charge in [0.1, 0.15) is 6.61 Å². The molecule has 0 spiro atoms. The van der Waals surface area contributed by atoms with E-state index in [1.807, 2.05) is 61.5 Å². The Morgan fingerprint density at radius 3 is 2.67 bits per heavy atom. The fraction of sp³-hybridized carbons (Fsp3) is 0.120. The van der Waals surface area contributed by atoms with Gasteiger partial charge < -0.3 is 14.8 Å². The first kappa shape index (κ1) is 23.4. The van der Waals surface area contributed by atoms with Crippen LogP contribution in [0.4, 0.5) is 5.69 Å². The van der Waals surface area contributed by atoms with Crippen LogP contribution in [-0.4, -0.2) is 18.2 Å². The first-order chi connectivity index (χ1) is 15.9. The van der Waals surface area contributed by atoms with Crippen LogP contribution in [0.25, 0.3) is 6.08 Å². The summed E-state index contributed by atoms with van der Waals surface area (Å²) >= 11 is 11.0. The van der Waals surface area contributed by atoms with Gasteiger partial charge in [0.15, 0.2) is 16.7 Å². The molecule has 0 radical (unpaired) electrons. The Bertz CT molecular complexity index is 1260. The van der Waals surface area contributed by atoms with E-state index in [1.165, 1.54) is 11.8 Å². The van der Waals surface area contributed by atoms with Crippen molar-refractivity contribution >= 4 is 62.1 Å². The lowest BCUT2D eigenvalue weighted by molar-refractivity contribution is -0.115. The highest BCUT2D eigenvalue weighted by atomic mass is 79.9. The number of amides is 1. The third-order valence-electron chi connectivity index (χ3n) is 4.81. The maximum atomic E-state index is 12.5. The molecule has 1 saturated heterocycles. The molecule has 1 N–H and O–H groups in total. The molecule has 0 aromatic heterocycles. The molecule has 5 nitrogen and oxygen atoms in total. The SMILES string of the molecule is COc1cc(/C=C2\SC(=Nc3ccc(C)c(Cl)c3)NC2=O)cc(Br)c1OCc1ccccc1. The van der Waals surface area contributed by atoms with Crippen LogP contribution < -0.4 is 14.8 Å². The number of ether oxygens (including phenoxy) is 2. The van der Waals surface area contributed by atoms with Gasteiger partial charge in [-0.25, -0.2) is 4.99 Å². The van der Waals surface area contributed by atoms with E-state index in [1.54, 1.807) is 19.3 Å². The van der Waals surface area contributed by atoms with Gasteiger partial charge in [-0.1, -0.05) is 48.0 Å². The smallest absolute Gasteiger partial charge is 0.264 e. The van der Waals surface area contributed by atoms with Crippen LogP contribution >= 0.6 is 39.3 Å². The summed E-state index contributed by atoms with van der Waals surface area (Å²) in [5, 5.41) is 3.93. The van der Waals surface area contributed by atoms with Crippen molar-refractivity contribution in [2.75, 3.05) is 7.11 Å². The van der Waals surface area contributed by atoms with Crippen LogP contribution in [0, 0.1) is 6.92 Å². The Kier molecular flexibility index (Phi) is 7.42. The Labute approximate surface area is 210 Å². The maximum absolute atomic E-state index is 12.5. The van der Waals surface area contributed by atoms with Crippen LogP contribution in [0.1, 0.15) is 16.7 Å². The number of amidine groups is 1. The predicted molar refractivity (Wildman–Crippen MR) is 138 cm³/mol. The second-order valence-electron chi connectivity index (χ2n) is 7.22. The number of carbonyl (C=O) groups is 1. The van der Waals surface area contributed by atoms with Crippen molar-refractivity contribution in [3.63, 3.8) is 0 Å². The summed E-state index contributed by atoms with van der Waals surface area (Å²) in [5.74, 6) is 0.959. The van der Waals surface area contributed by atoms with E-state index in [4.69, 9.17) is 21.1 Å². The third-order valence-corrected chi connectivity index (χ3v) is 6.72. The average molecular weight is 544 g/mol. The van der Waals surface area contributed by atoms with Gasteiger partial charge in [-0.2, -0.15) is 0 Å². The number of carbonyl (C=O) groups excluding carboxylic acids is 1. The van der Waals surface area contributed by atoms with Crippen LogP contribution in [0.3, 0.4) is 0 Å². The molecule has 1 aliphatic heterocycles. The Morgan fingerprint density at radius 2 is 1.94 bits per heavy atom. The van der Waals surface area contributed by atoms with Crippen LogP contribution in [0.15, 0.2) is 75.0 Å². The van der Waals surface area contributed by atoms with E-state index in [9.17, 15) is 4.79 Å². The average Bonchev–Trinajstić information content (AvgIpc) is 3.14. The quantitative estimate of drug-likeness (QED) is 0.344. The van der Waals surface area contributed by atoms with Gasteiger partial charge in [-0.3, -0.25) is 4.79 Å². The lowest BCUT2D eigenvalue weighted by Gasteiger charge is -2.13. The molecule has 168 valence electrons.